The summed E-state index contributed by atoms with van der Waals surface area (Å²) in [5, 5.41) is 11.4. The molecule has 1 aliphatic rings. The molecular weight excluding hydrogens is 326 g/mol. The van der Waals surface area contributed by atoms with Gasteiger partial charge in [0.25, 0.3) is 0 Å². The Hall–Kier alpha value is -2.59. The summed E-state index contributed by atoms with van der Waals surface area (Å²) < 4.78 is 5.45. The molecule has 0 aliphatic carbocycles. The number of hydrogen-bond donors (Lipinski definition) is 1. The molecule has 0 amide bonds. The van der Waals surface area contributed by atoms with Crippen LogP contribution in [0, 0.1) is 0 Å². The van der Waals surface area contributed by atoms with Gasteiger partial charge in [0.15, 0.2) is 0 Å². The highest BCUT2D eigenvalue weighted by molar-refractivity contribution is 5.88. The molecule has 1 aromatic heterocycles. The number of benzene rings is 2. The summed E-state index contributed by atoms with van der Waals surface area (Å²) in [5.41, 5.74) is 2.66. The zero-order chi connectivity index (χ0) is 18.1. The number of likely N-dealkylation sites (tertiary alicyclic amines) is 1. The Morgan fingerprint density at radius 2 is 1.96 bits per heavy atom. The minimum absolute atomic E-state index is 0.200. The molecule has 0 unspecified atom stereocenters. The van der Waals surface area contributed by atoms with Crippen LogP contribution in [0.15, 0.2) is 57.7 Å². The van der Waals surface area contributed by atoms with E-state index in [0.717, 1.165) is 23.1 Å². The lowest BCUT2D eigenvalue weighted by Crippen LogP contribution is -2.36. The van der Waals surface area contributed by atoms with Gasteiger partial charge in [-0.15, -0.1) is 0 Å². The molecule has 2 aromatic carbocycles. The topological polar surface area (TPSA) is 53.7 Å². The Bertz CT molecular complexity index is 978. The molecule has 0 bridgehead atoms. The Morgan fingerprint density at radius 1 is 1.15 bits per heavy atom. The van der Waals surface area contributed by atoms with E-state index < -0.39 is 0 Å². The summed E-state index contributed by atoms with van der Waals surface area (Å²) in [7, 11) is 0. The van der Waals surface area contributed by atoms with E-state index in [1.165, 1.54) is 19.3 Å². The fourth-order valence-electron chi connectivity index (χ4n) is 3.85. The predicted molar refractivity (Wildman–Crippen MR) is 103 cm³/mol. The molecule has 1 saturated heterocycles. The quantitative estimate of drug-likeness (QED) is 0.705. The molecule has 0 spiro atoms. The zero-order valence-electron chi connectivity index (χ0n) is 14.9. The maximum Gasteiger partial charge on any atom is 0.336 e. The standard InChI is InChI=1S/C22H23NO3/c1-15-7-5-6-10-23(15)14-17-11-22(25)26-21-13-18(20(24)12-19(17)21)16-8-3-2-4-9-16/h2-4,8-9,11-13,15,24H,5-7,10,14H2,1H3/t15-/m0/s1. The van der Waals surface area contributed by atoms with E-state index in [4.69, 9.17) is 4.42 Å². The van der Waals surface area contributed by atoms with Gasteiger partial charge in [0, 0.05) is 29.6 Å². The monoisotopic (exact) mass is 349 g/mol. The van der Waals surface area contributed by atoms with Crippen LogP contribution >= 0.6 is 0 Å². The van der Waals surface area contributed by atoms with E-state index in [-0.39, 0.29) is 11.4 Å². The molecule has 26 heavy (non-hydrogen) atoms. The van der Waals surface area contributed by atoms with Crippen LogP contribution in [0.4, 0.5) is 0 Å². The predicted octanol–water partition coefficient (Wildman–Crippen LogP) is 4.54. The van der Waals surface area contributed by atoms with Crippen molar-refractivity contribution in [1.82, 2.24) is 4.90 Å². The molecule has 3 aromatic rings. The summed E-state index contributed by atoms with van der Waals surface area (Å²) in [6.45, 7) is 3.97. The van der Waals surface area contributed by atoms with Crippen LogP contribution in [-0.4, -0.2) is 22.6 Å². The maximum absolute atomic E-state index is 12.1. The first-order valence-electron chi connectivity index (χ1n) is 9.21. The van der Waals surface area contributed by atoms with Crippen molar-refractivity contribution < 1.29 is 9.52 Å². The summed E-state index contributed by atoms with van der Waals surface area (Å²) >= 11 is 0. The third-order valence-electron chi connectivity index (χ3n) is 5.35. The Labute approximate surface area is 152 Å². The second kappa shape index (κ2) is 6.96. The smallest absolute Gasteiger partial charge is 0.336 e. The SMILES string of the molecule is C[C@H]1CCCCN1Cc1cc(=O)oc2cc(-c3ccccc3)c(O)cc12. The van der Waals surface area contributed by atoms with Gasteiger partial charge in [-0.3, -0.25) is 4.90 Å². The first-order valence-corrected chi connectivity index (χ1v) is 9.21. The summed E-state index contributed by atoms with van der Waals surface area (Å²) in [6.07, 6.45) is 3.63. The summed E-state index contributed by atoms with van der Waals surface area (Å²) in [6, 6.07) is 15.2. The number of rotatable bonds is 3. The van der Waals surface area contributed by atoms with Gasteiger partial charge < -0.3 is 9.52 Å². The van der Waals surface area contributed by atoms with Crippen molar-refractivity contribution in [2.45, 2.75) is 38.8 Å². The van der Waals surface area contributed by atoms with Crippen LogP contribution in [0.3, 0.4) is 0 Å². The van der Waals surface area contributed by atoms with Gasteiger partial charge in [-0.1, -0.05) is 36.8 Å². The molecular formula is C22H23NO3. The highest BCUT2D eigenvalue weighted by Crippen LogP contribution is 2.34. The van der Waals surface area contributed by atoms with Crippen LogP contribution < -0.4 is 5.63 Å². The average molecular weight is 349 g/mol. The van der Waals surface area contributed by atoms with Gasteiger partial charge in [-0.25, -0.2) is 4.79 Å². The van der Waals surface area contributed by atoms with Crippen molar-refractivity contribution in [3.8, 4) is 16.9 Å². The van der Waals surface area contributed by atoms with Crippen molar-refractivity contribution in [3.05, 3.63) is 64.5 Å². The highest BCUT2D eigenvalue weighted by Gasteiger charge is 2.20. The molecule has 134 valence electrons. The van der Waals surface area contributed by atoms with Crippen molar-refractivity contribution in [3.63, 3.8) is 0 Å². The van der Waals surface area contributed by atoms with Crippen LogP contribution in [0.2, 0.25) is 0 Å². The fraction of sp³-hybridized carbons (Fsp3) is 0.318. The average Bonchev–Trinajstić information content (AvgIpc) is 2.64. The number of phenolic OH excluding ortho intramolecular Hbond substituents is 1. The van der Waals surface area contributed by atoms with Gasteiger partial charge >= 0.3 is 5.63 Å². The molecule has 4 rings (SSSR count). The minimum atomic E-state index is -0.345. The zero-order valence-corrected chi connectivity index (χ0v) is 14.9. The van der Waals surface area contributed by atoms with Gasteiger partial charge in [0.2, 0.25) is 0 Å². The lowest BCUT2D eigenvalue weighted by atomic mass is 9.99. The summed E-state index contributed by atoms with van der Waals surface area (Å²) in [4.78, 5) is 14.5. The maximum atomic E-state index is 12.1. The lowest BCUT2D eigenvalue weighted by Gasteiger charge is -2.33. The Morgan fingerprint density at radius 3 is 2.73 bits per heavy atom. The van der Waals surface area contributed by atoms with E-state index in [2.05, 4.69) is 11.8 Å². The van der Waals surface area contributed by atoms with Crippen molar-refractivity contribution in [2.24, 2.45) is 0 Å². The molecule has 2 heterocycles. The third kappa shape index (κ3) is 3.25. The number of fused-ring (bicyclic) bond motifs is 1. The van der Waals surface area contributed by atoms with E-state index in [0.29, 0.717) is 23.7 Å². The van der Waals surface area contributed by atoms with E-state index in [1.807, 2.05) is 30.3 Å². The van der Waals surface area contributed by atoms with E-state index in [1.54, 1.807) is 18.2 Å². The van der Waals surface area contributed by atoms with E-state index >= 15 is 0 Å². The second-order valence-corrected chi connectivity index (χ2v) is 7.14. The van der Waals surface area contributed by atoms with Crippen LogP contribution in [0.25, 0.3) is 22.1 Å². The lowest BCUT2D eigenvalue weighted by molar-refractivity contribution is 0.153. The molecule has 0 saturated carbocycles. The van der Waals surface area contributed by atoms with Gasteiger partial charge in [-0.2, -0.15) is 0 Å². The first kappa shape index (κ1) is 16.9. The Balaban J connectivity index is 1.79. The minimum Gasteiger partial charge on any atom is -0.507 e. The largest absolute Gasteiger partial charge is 0.507 e. The number of phenols is 1. The van der Waals surface area contributed by atoms with Crippen LogP contribution in [0.5, 0.6) is 5.75 Å². The molecule has 1 N–H and O–H groups in total. The fourth-order valence-corrected chi connectivity index (χ4v) is 3.85. The van der Waals surface area contributed by atoms with Crippen molar-refractivity contribution >= 4 is 11.0 Å². The third-order valence-corrected chi connectivity index (χ3v) is 5.35. The highest BCUT2D eigenvalue weighted by atomic mass is 16.4. The number of aromatic hydroxyl groups is 1. The normalized spacial score (nSPS) is 18.3. The molecule has 1 fully saturated rings. The van der Waals surface area contributed by atoms with Gasteiger partial charge in [-0.05, 0) is 49.6 Å². The number of hydrogen-bond acceptors (Lipinski definition) is 4. The Kier molecular flexibility index (Phi) is 4.51. The van der Waals surface area contributed by atoms with Crippen LogP contribution in [-0.2, 0) is 6.54 Å². The van der Waals surface area contributed by atoms with Crippen LogP contribution in [0.1, 0.15) is 31.7 Å². The molecule has 1 atom stereocenters. The molecule has 4 nitrogen and oxygen atoms in total. The van der Waals surface area contributed by atoms with Crippen molar-refractivity contribution in [1.29, 1.82) is 0 Å². The molecule has 1 aliphatic heterocycles. The summed E-state index contributed by atoms with van der Waals surface area (Å²) in [5.74, 6) is 0.200. The molecule has 4 heteroatoms. The second-order valence-electron chi connectivity index (χ2n) is 7.14. The molecule has 0 radical (unpaired) electrons. The first-order chi connectivity index (χ1) is 12.6. The number of piperidine rings is 1. The van der Waals surface area contributed by atoms with Gasteiger partial charge in [0.05, 0.1) is 0 Å². The number of nitrogens with zero attached hydrogens (tertiary/aromatic N) is 1. The van der Waals surface area contributed by atoms with Crippen molar-refractivity contribution in [2.75, 3.05) is 6.54 Å². The van der Waals surface area contributed by atoms with Gasteiger partial charge in [0.1, 0.15) is 11.3 Å². The van der Waals surface area contributed by atoms with E-state index in [9.17, 15) is 9.90 Å².